The van der Waals surface area contributed by atoms with E-state index >= 15 is 0 Å². The van der Waals surface area contributed by atoms with Gasteiger partial charge in [0, 0.05) is 19.0 Å². The number of halogens is 1. The van der Waals surface area contributed by atoms with E-state index < -0.39 is 0 Å². The number of hydrogen-bond acceptors (Lipinski definition) is 3. The summed E-state index contributed by atoms with van der Waals surface area (Å²) in [5.74, 6) is 0.643. The topological polar surface area (TPSA) is 33.2 Å². The maximum atomic E-state index is 11.8. The van der Waals surface area contributed by atoms with Crippen molar-refractivity contribution >= 4 is 28.8 Å². The second-order valence-corrected chi connectivity index (χ2v) is 5.49. The lowest BCUT2D eigenvalue weighted by Gasteiger charge is -2.33. The Hall–Kier alpha value is -0.610. The lowest BCUT2D eigenvalue weighted by atomic mass is 9.84. The molecule has 1 fully saturated rings. The van der Waals surface area contributed by atoms with E-state index in [4.69, 9.17) is 11.6 Å². The van der Waals surface area contributed by atoms with Gasteiger partial charge in [-0.05, 0) is 18.8 Å². The summed E-state index contributed by atoms with van der Waals surface area (Å²) in [6, 6.07) is 0. The Labute approximate surface area is 98.1 Å². The molecule has 0 spiro atoms. The number of aromatic nitrogens is 1. The van der Waals surface area contributed by atoms with Crippen LogP contribution in [0.2, 0.25) is 0 Å². The summed E-state index contributed by atoms with van der Waals surface area (Å²) in [7, 11) is 1.84. The molecule has 0 N–H and O–H groups in total. The number of amides is 1. The van der Waals surface area contributed by atoms with Crippen molar-refractivity contribution in [3.8, 4) is 0 Å². The number of rotatable bonds is 3. The first-order valence-corrected chi connectivity index (χ1v) is 6.26. The van der Waals surface area contributed by atoms with Crippen LogP contribution in [0.5, 0.6) is 0 Å². The molecule has 0 atom stereocenters. The highest BCUT2D eigenvalue weighted by molar-refractivity contribution is 7.11. The minimum absolute atomic E-state index is 0.0653. The van der Waals surface area contributed by atoms with Gasteiger partial charge in [-0.2, -0.15) is 0 Å². The van der Waals surface area contributed by atoms with Gasteiger partial charge < -0.3 is 4.90 Å². The summed E-state index contributed by atoms with van der Waals surface area (Å²) < 4.78 is 0. The van der Waals surface area contributed by atoms with Crippen molar-refractivity contribution in [1.29, 1.82) is 0 Å². The maximum Gasteiger partial charge on any atom is 0.265 e. The number of nitrogens with zero attached hydrogens (tertiary/aromatic N) is 2. The fourth-order valence-electron chi connectivity index (χ4n) is 1.78. The van der Waals surface area contributed by atoms with E-state index in [1.54, 1.807) is 16.6 Å². The molecule has 5 heteroatoms. The summed E-state index contributed by atoms with van der Waals surface area (Å²) in [6.45, 7) is 0.806. The SMILES string of the molecule is CN(CC1CC(Cl)C1)C(=O)c1cncs1. The number of alkyl halides is 1. The van der Waals surface area contributed by atoms with Gasteiger partial charge in [-0.1, -0.05) is 0 Å². The van der Waals surface area contributed by atoms with Crippen molar-refractivity contribution in [3.05, 3.63) is 16.6 Å². The first kappa shape index (κ1) is 10.9. The lowest BCUT2D eigenvalue weighted by Crippen LogP contribution is -2.37. The third-order valence-electron chi connectivity index (χ3n) is 2.70. The average molecular weight is 245 g/mol. The quantitative estimate of drug-likeness (QED) is 0.764. The highest BCUT2D eigenvalue weighted by Gasteiger charge is 2.29. The van der Waals surface area contributed by atoms with Gasteiger partial charge in [0.15, 0.2) is 0 Å². The van der Waals surface area contributed by atoms with Crippen LogP contribution in [0.15, 0.2) is 11.7 Å². The smallest absolute Gasteiger partial charge is 0.265 e. The van der Waals surface area contributed by atoms with Gasteiger partial charge in [-0.25, -0.2) is 0 Å². The molecule has 0 radical (unpaired) electrons. The van der Waals surface area contributed by atoms with E-state index in [2.05, 4.69) is 4.98 Å². The monoisotopic (exact) mass is 244 g/mol. The van der Waals surface area contributed by atoms with Crippen molar-refractivity contribution in [2.75, 3.05) is 13.6 Å². The van der Waals surface area contributed by atoms with Crippen LogP contribution in [-0.4, -0.2) is 34.8 Å². The third-order valence-corrected chi connectivity index (χ3v) is 3.82. The molecule has 82 valence electrons. The third kappa shape index (κ3) is 2.49. The normalized spacial score (nSPS) is 24.7. The first-order valence-electron chi connectivity index (χ1n) is 4.95. The number of hydrogen-bond donors (Lipinski definition) is 0. The minimum atomic E-state index is 0.0653. The second-order valence-electron chi connectivity index (χ2n) is 3.99. The van der Waals surface area contributed by atoms with Gasteiger partial charge >= 0.3 is 0 Å². The largest absolute Gasteiger partial charge is 0.341 e. The maximum absolute atomic E-state index is 11.8. The van der Waals surface area contributed by atoms with E-state index in [1.807, 2.05) is 7.05 Å². The van der Waals surface area contributed by atoms with Gasteiger partial charge in [0.2, 0.25) is 0 Å². The zero-order valence-electron chi connectivity index (χ0n) is 8.52. The van der Waals surface area contributed by atoms with Crippen LogP contribution >= 0.6 is 22.9 Å². The molecule has 1 saturated carbocycles. The Morgan fingerprint density at radius 1 is 1.73 bits per heavy atom. The van der Waals surface area contributed by atoms with Crippen LogP contribution in [0.25, 0.3) is 0 Å². The molecule has 3 nitrogen and oxygen atoms in total. The summed E-state index contributed by atoms with van der Waals surface area (Å²) >= 11 is 7.28. The second kappa shape index (κ2) is 4.49. The predicted octanol–water partition coefficient (Wildman–Crippen LogP) is 2.23. The highest BCUT2D eigenvalue weighted by Crippen LogP contribution is 2.32. The van der Waals surface area contributed by atoms with Crippen LogP contribution in [0.3, 0.4) is 0 Å². The Morgan fingerprint density at radius 3 is 3.00 bits per heavy atom. The summed E-state index contributed by atoms with van der Waals surface area (Å²) in [6.07, 6.45) is 3.68. The average Bonchev–Trinajstić information content (AvgIpc) is 2.66. The van der Waals surface area contributed by atoms with E-state index in [0.717, 1.165) is 19.4 Å². The molecule has 0 aliphatic heterocycles. The van der Waals surface area contributed by atoms with Gasteiger partial charge in [0.1, 0.15) is 4.88 Å². The highest BCUT2D eigenvalue weighted by atomic mass is 35.5. The summed E-state index contributed by atoms with van der Waals surface area (Å²) in [5.41, 5.74) is 1.68. The Balaban J connectivity index is 1.86. The van der Waals surface area contributed by atoms with Crippen molar-refractivity contribution < 1.29 is 4.79 Å². The Bertz CT molecular complexity index is 335. The molecule has 1 aromatic rings. The van der Waals surface area contributed by atoms with Crippen molar-refractivity contribution in [2.45, 2.75) is 18.2 Å². The van der Waals surface area contributed by atoms with Gasteiger partial charge in [-0.3, -0.25) is 9.78 Å². The van der Waals surface area contributed by atoms with Crippen molar-refractivity contribution in [3.63, 3.8) is 0 Å². The number of thiazole rings is 1. The van der Waals surface area contributed by atoms with E-state index in [9.17, 15) is 4.79 Å². The fourth-order valence-corrected chi connectivity index (χ4v) is 2.90. The molecule has 2 rings (SSSR count). The molecular formula is C10H13ClN2OS. The molecule has 0 bridgehead atoms. The molecule has 1 aliphatic rings. The zero-order chi connectivity index (χ0) is 10.8. The van der Waals surface area contributed by atoms with Crippen LogP contribution in [-0.2, 0) is 0 Å². The Kier molecular flexibility index (Phi) is 3.26. The fraction of sp³-hybridized carbons (Fsp3) is 0.600. The number of carbonyl (C=O) groups excluding carboxylic acids is 1. The molecular weight excluding hydrogens is 232 g/mol. The molecule has 1 aromatic heterocycles. The molecule has 0 aromatic carbocycles. The standard InChI is InChI=1S/C10H13ClN2OS/c1-13(5-7-2-8(11)3-7)10(14)9-4-12-6-15-9/h4,6-8H,2-3,5H2,1H3. The molecule has 1 heterocycles. The summed E-state index contributed by atoms with van der Waals surface area (Å²) in [5, 5.41) is 0.321. The van der Waals surface area contributed by atoms with E-state index in [1.165, 1.54) is 11.3 Å². The number of carbonyl (C=O) groups is 1. The van der Waals surface area contributed by atoms with Crippen LogP contribution in [0.4, 0.5) is 0 Å². The van der Waals surface area contributed by atoms with Crippen LogP contribution in [0.1, 0.15) is 22.5 Å². The van der Waals surface area contributed by atoms with Gasteiger partial charge in [-0.15, -0.1) is 22.9 Å². The van der Waals surface area contributed by atoms with Crippen molar-refractivity contribution in [1.82, 2.24) is 9.88 Å². The molecule has 0 unspecified atom stereocenters. The lowest BCUT2D eigenvalue weighted by molar-refractivity contribution is 0.0751. The molecule has 15 heavy (non-hydrogen) atoms. The first-order chi connectivity index (χ1) is 7.16. The van der Waals surface area contributed by atoms with E-state index in [-0.39, 0.29) is 5.91 Å². The molecule has 0 saturated heterocycles. The Morgan fingerprint density at radius 2 is 2.47 bits per heavy atom. The predicted molar refractivity (Wildman–Crippen MR) is 61.4 cm³/mol. The van der Waals surface area contributed by atoms with Crippen molar-refractivity contribution in [2.24, 2.45) is 5.92 Å². The van der Waals surface area contributed by atoms with Crippen LogP contribution in [0, 0.1) is 5.92 Å². The van der Waals surface area contributed by atoms with E-state index in [0.29, 0.717) is 16.2 Å². The summed E-state index contributed by atoms with van der Waals surface area (Å²) in [4.78, 5) is 18.2. The molecule has 1 aliphatic carbocycles. The van der Waals surface area contributed by atoms with Gasteiger partial charge in [0.25, 0.3) is 5.91 Å². The zero-order valence-corrected chi connectivity index (χ0v) is 10.1. The van der Waals surface area contributed by atoms with Crippen LogP contribution < -0.4 is 0 Å². The van der Waals surface area contributed by atoms with Gasteiger partial charge in [0.05, 0.1) is 11.7 Å². The molecule has 1 amide bonds. The minimum Gasteiger partial charge on any atom is -0.341 e.